The van der Waals surface area contributed by atoms with Crippen LogP contribution < -0.4 is 4.89 Å². The molecule has 0 aliphatic carbocycles. The van der Waals surface area contributed by atoms with E-state index in [9.17, 15) is 4.89 Å². The summed E-state index contributed by atoms with van der Waals surface area (Å²) in [5.41, 5.74) is 0. The van der Waals surface area contributed by atoms with Gasteiger partial charge in [-0.25, -0.2) is 0 Å². The second kappa shape index (κ2) is 5.12. The molecule has 0 aromatic carbocycles. The van der Waals surface area contributed by atoms with Gasteiger partial charge in [-0.2, -0.15) is 0 Å². The first kappa shape index (κ1) is 11.4. The highest BCUT2D eigenvalue weighted by Crippen LogP contribution is 2.31. The van der Waals surface area contributed by atoms with Gasteiger partial charge >= 0.3 is 0 Å². The lowest BCUT2D eigenvalue weighted by Crippen LogP contribution is -2.34. The molecule has 0 radical (unpaired) electrons. The van der Waals surface area contributed by atoms with Crippen LogP contribution in [0.15, 0.2) is 0 Å². The lowest BCUT2D eigenvalue weighted by atomic mass is 10.2. The largest absolute Gasteiger partial charge is 0.624 e. The van der Waals surface area contributed by atoms with E-state index in [-0.39, 0.29) is 0 Å². The Morgan fingerprint density at radius 2 is 1.82 bits per heavy atom. The Labute approximate surface area is 66.5 Å². The number of rotatable bonds is 3. The van der Waals surface area contributed by atoms with E-state index in [1.165, 1.54) is 6.92 Å². The second-order valence-corrected chi connectivity index (χ2v) is 5.07. The molecule has 0 fully saturated rings. The zero-order chi connectivity index (χ0) is 9.02. The molecule has 5 nitrogen and oxygen atoms in total. The maximum Gasteiger partial charge on any atom is 0.287 e. The first-order chi connectivity index (χ1) is 5.00. The van der Waals surface area contributed by atoms with Gasteiger partial charge in [0.1, 0.15) is 13.5 Å². The van der Waals surface area contributed by atoms with Gasteiger partial charge in [0.25, 0.3) is 8.09 Å². The fourth-order valence-corrected chi connectivity index (χ4v) is 1.78. The molecule has 0 saturated carbocycles. The van der Waals surface area contributed by atoms with Gasteiger partial charge in [-0.1, -0.05) is 0 Å². The number of hydrogen-bond donors (Lipinski definition) is 4. The van der Waals surface area contributed by atoms with Crippen molar-refractivity contribution in [2.24, 2.45) is 0 Å². The van der Waals surface area contributed by atoms with Crippen LogP contribution in [-0.2, 0) is 0 Å². The maximum atomic E-state index is 10.6. The van der Waals surface area contributed by atoms with E-state index in [0.717, 1.165) is 0 Å². The van der Waals surface area contributed by atoms with Crippen LogP contribution in [0.5, 0.6) is 0 Å². The first-order valence-corrected chi connectivity index (χ1v) is 5.74. The number of aliphatic hydroxyl groups is 3. The summed E-state index contributed by atoms with van der Waals surface area (Å²) in [7, 11) is -2.76. The van der Waals surface area contributed by atoms with Gasteiger partial charge in [-0.05, 0) is 6.92 Å². The monoisotopic (exact) mass is 200 g/mol. The minimum Gasteiger partial charge on any atom is -0.624 e. The molecule has 0 aliphatic rings. The summed E-state index contributed by atoms with van der Waals surface area (Å²) in [6.45, 7) is 1.26. The van der Waals surface area contributed by atoms with Gasteiger partial charge in [-0.3, -0.25) is 0 Å². The summed E-state index contributed by atoms with van der Waals surface area (Å²) in [6, 6.07) is 0. The van der Waals surface area contributed by atoms with Gasteiger partial charge in [0.2, 0.25) is 5.85 Å². The van der Waals surface area contributed by atoms with Gasteiger partial charge in [0, 0.05) is 0 Å². The summed E-state index contributed by atoms with van der Waals surface area (Å²) in [5.74, 6) is -1.57. The van der Waals surface area contributed by atoms with E-state index in [1.54, 1.807) is 0 Å². The summed E-state index contributed by atoms with van der Waals surface area (Å²) < 4.78 is 0. The van der Waals surface area contributed by atoms with Crippen molar-refractivity contribution in [3.8, 4) is 0 Å². The van der Waals surface area contributed by atoms with Crippen LogP contribution in [0.3, 0.4) is 0 Å². The van der Waals surface area contributed by atoms with Crippen molar-refractivity contribution in [2.75, 3.05) is 0 Å². The summed E-state index contributed by atoms with van der Waals surface area (Å²) in [4.78, 5) is 18.9. The van der Waals surface area contributed by atoms with Crippen molar-refractivity contribution >= 4 is 15.5 Å². The Bertz CT molecular complexity index is 147. The fraction of sp³-hybridized carbons (Fsp3) is 1.00. The first-order valence-electron chi connectivity index (χ1n) is 2.86. The minimum absolute atomic E-state index is 0.474. The number of hydrogen-bond acceptors (Lipinski definition) is 4. The van der Waals surface area contributed by atoms with Crippen molar-refractivity contribution in [3.63, 3.8) is 0 Å². The van der Waals surface area contributed by atoms with E-state index in [4.69, 9.17) is 20.2 Å². The molecule has 0 aliphatic heterocycles. The van der Waals surface area contributed by atoms with E-state index in [0.29, 0.717) is 0 Å². The smallest absolute Gasteiger partial charge is 0.287 e. The van der Waals surface area contributed by atoms with Gasteiger partial charge in [0.05, 0.1) is 6.10 Å². The molecule has 11 heavy (non-hydrogen) atoms. The maximum absolute atomic E-state index is 10.6. The molecule has 0 saturated heterocycles. The van der Waals surface area contributed by atoms with Crippen LogP contribution in [0.2, 0.25) is 0 Å². The highest BCUT2D eigenvalue weighted by molar-refractivity contribution is 7.87. The fourth-order valence-electron chi connectivity index (χ4n) is 0.433. The Hall–Kier alpha value is 0.400. The zero-order valence-electron chi connectivity index (χ0n) is 5.82. The Morgan fingerprint density at radius 1 is 1.36 bits per heavy atom. The molecule has 0 heterocycles. The minimum atomic E-state index is -2.29. The lowest BCUT2D eigenvalue weighted by Gasteiger charge is -2.15. The lowest BCUT2D eigenvalue weighted by molar-refractivity contribution is -0.165. The molecule has 66 valence electrons. The molecular weight excluding hydrogens is 190 g/mol. The highest BCUT2D eigenvalue weighted by Gasteiger charge is 2.28. The average molecular weight is 200 g/mol. The molecule has 4 atom stereocenters. The second-order valence-electron chi connectivity index (χ2n) is 2.04. The molecule has 0 bridgehead atoms. The molecule has 0 rings (SSSR count). The third-order valence-electron chi connectivity index (χ3n) is 1.11. The van der Waals surface area contributed by atoms with Crippen molar-refractivity contribution in [1.82, 2.24) is 0 Å². The Balaban J connectivity index is 4.13. The van der Waals surface area contributed by atoms with Crippen LogP contribution in [0.4, 0.5) is 0 Å². The third-order valence-corrected chi connectivity index (χ3v) is 3.29. The average Bonchev–Trinajstić information content (AvgIpc) is 2.00. The van der Waals surface area contributed by atoms with E-state index >= 15 is 0 Å². The van der Waals surface area contributed by atoms with Gasteiger partial charge in [-0.15, -0.1) is 0 Å². The summed E-state index contributed by atoms with van der Waals surface area (Å²) in [5, 5.41) is 26.5. The predicted octanol–water partition coefficient (Wildman–Crippen LogP) is -1.43. The van der Waals surface area contributed by atoms with E-state index < -0.39 is 33.6 Å². The van der Waals surface area contributed by atoms with E-state index in [2.05, 4.69) is 0 Å². The summed E-state index contributed by atoms with van der Waals surface area (Å²) >= 11 is 0. The molecule has 0 aromatic heterocycles. The quantitative estimate of drug-likeness (QED) is 0.418. The van der Waals surface area contributed by atoms with Crippen molar-refractivity contribution in [3.05, 3.63) is 0 Å². The van der Waals surface area contributed by atoms with Crippen LogP contribution in [-0.4, -0.2) is 38.3 Å². The SMILES string of the molecule is C[C@@H](O)[C@H](O)[C@H](O)[P+]([O-])=PO. The normalized spacial score (nSPS) is 21.1. The zero-order valence-corrected chi connectivity index (χ0v) is 7.61. The van der Waals surface area contributed by atoms with Gasteiger partial charge < -0.3 is 25.1 Å². The molecule has 0 amide bonds. The summed E-state index contributed by atoms with van der Waals surface area (Å²) in [6.07, 6.45) is -2.64. The molecule has 1 unspecified atom stereocenters. The highest BCUT2D eigenvalue weighted by atomic mass is 31.8. The van der Waals surface area contributed by atoms with Crippen LogP contribution in [0.1, 0.15) is 6.92 Å². The number of aliphatic hydroxyl groups excluding tert-OH is 3. The molecule has 0 aromatic rings. The molecule has 7 heteroatoms. The molecule has 0 spiro atoms. The van der Waals surface area contributed by atoms with Crippen molar-refractivity contribution in [2.45, 2.75) is 25.0 Å². The van der Waals surface area contributed by atoms with Gasteiger partial charge in [0.15, 0.2) is 0 Å². The predicted molar refractivity (Wildman–Crippen MR) is 39.8 cm³/mol. The van der Waals surface area contributed by atoms with Crippen LogP contribution >= 0.6 is 15.5 Å². The third kappa shape index (κ3) is 3.54. The molecule has 4 N–H and O–H groups in total. The van der Waals surface area contributed by atoms with Crippen LogP contribution in [0.25, 0.3) is 0 Å². The molecular formula is C4H10O5P2. The Morgan fingerprint density at radius 3 is 2.09 bits per heavy atom. The topological polar surface area (TPSA) is 104 Å². The Kier molecular flexibility index (Phi) is 5.30. The van der Waals surface area contributed by atoms with E-state index in [1.807, 2.05) is 0 Å². The standard InChI is InChI=1S/C4H10O5P2/c1-2(5)3(6)4(7)11(9)10-8/h2-8H,1H3/t2-,3+,4-/m1/s1. The van der Waals surface area contributed by atoms with Crippen molar-refractivity contribution < 1.29 is 25.1 Å². The van der Waals surface area contributed by atoms with Crippen molar-refractivity contribution in [1.29, 1.82) is 0 Å². The van der Waals surface area contributed by atoms with Crippen LogP contribution in [0, 0.1) is 0 Å².